The molecule has 4 rings (SSSR count). The molecule has 0 heterocycles. The Morgan fingerprint density at radius 3 is 2.00 bits per heavy atom. The molecule has 0 aromatic heterocycles. The van der Waals surface area contributed by atoms with Crippen LogP contribution in [0.5, 0.6) is 0 Å². The second-order valence-electron chi connectivity index (χ2n) is 6.15. The first kappa shape index (κ1) is 11.3. The van der Waals surface area contributed by atoms with E-state index < -0.39 is 0 Å². The van der Waals surface area contributed by atoms with Crippen LogP contribution in [0.2, 0.25) is 0 Å². The average molecular weight is 334 g/mol. The smallest absolute Gasteiger partial charge is 0.313 e. The SMILES string of the molecule is C[C@@H](I)OC(=O)C12CC3CC(CC(C3)C1)C2. The van der Waals surface area contributed by atoms with E-state index in [0.717, 1.165) is 37.0 Å². The Morgan fingerprint density at radius 2 is 1.62 bits per heavy atom. The minimum absolute atomic E-state index is 0.0121. The van der Waals surface area contributed by atoms with E-state index in [1.165, 1.54) is 19.3 Å². The molecule has 2 nitrogen and oxygen atoms in total. The zero-order valence-electron chi connectivity index (χ0n) is 9.75. The number of hydrogen-bond acceptors (Lipinski definition) is 2. The predicted molar refractivity (Wildman–Crippen MR) is 70.2 cm³/mol. The van der Waals surface area contributed by atoms with E-state index in [-0.39, 0.29) is 15.5 Å². The fourth-order valence-electron chi connectivity index (χ4n) is 4.63. The highest BCUT2D eigenvalue weighted by atomic mass is 127. The summed E-state index contributed by atoms with van der Waals surface area (Å²) in [5.41, 5.74) is -0.0752. The van der Waals surface area contributed by atoms with E-state index in [2.05, 4.69) is 22.6 Å². The van der Waals surface area contributed by atoms with E-state index in [1.807, 2.05) is 6.92 Å². The Morgan fingerprint density at radius 1 is 1.19 bits per heavy atom. The number of halogens is 1. The predicted octanol–water partition coefficient (Wildman–Crippen LogP) is 3.53. The Labute approximate surface area is 111 Å². The standard InChI is InChI=1S/C13H19IO2/c1-8(14)16-12(15)13-5-9-2-10(6-13)4-11(3-9)7-13/h8-11H,2-7H2,1H3/t8-,9?,10?,11?,13?/m0/s1. The first-order valence-electron chi connectivity index (χ1n) is 6.42. The van der Waals surface area contributed by atoms with Gasteiger partial charge in [0.2, 0.25) is 0 Å². The quantitative estimate of drug-likeness (QED) is 0.439. The van der Waals surface area contributed by atoms with Crippen LogP contribution in [0.25, 0.3) is 0 Å². The summed E-state index contributed by atoms with van der Waals surface area (Å²) >= 11 is 2.17. The van der Waals surface area contributed by atoms with Crippen molar-refractivity contribution >= 4 is 28.6 Å². The van der Waals surface area contributed by atoms with Gasteiger partial charge >= 0.3 is 5.97 Å². The number of carbonyl (C=O) groups excluding carboxylic acids is 1. The van der Waals surface area contributed by atoms with Crippen LogP contribution in [0, 0.1) is 23.2 Å². The molecule has 0 aromatic carbocycles. The van der Waals surface area contributed by atoms with E-state index in [4.69, 9.17) is 4.74 Å². The zero-order chi connectivity index (χ0) is 11.3. The lowest BCUT2D eigenvalue weighted by atomic mass is 9.49. The molecule has 0 aromatic rings. The van der Waals surface area contributed by atoms with Crippen molar-refractivity contribution < 1.29 is 9.53 Å². The largest absolute Gasteiger partial charge is 0.452 e. The Kier molecular flexibility index (Phi) is 2.72. The van der Waals surface area contributed by atoms with Gasteiger partial charge in [-0.1, -0.05) is 0 Å². The number of rotatable bonds is 2. The number of hydrogen-bond donors (Lipinski definition) is 0. The summed E-state index contributed by atoms with van der Waals surface area (Å²) < 4.78 is 5.49. The molecule has 3 heteroatoms. The lowest BCUT2D eigenvalue weighted by Gasteiger charge is -2.55. The highest BCUT2D eigenvalue weighted by Crippen LogP contribution is 2.60. The minimum atomic E-state index is -0.0752. The maximum Gasteiger partial charge on any atom is 0.313 e. The number of ether oxygens (including phenoxy) is 1. The molecule has 4 bridgehead atoms. The number of carbonyl (C=O) groups is 1. The highest BCUT2D eigenvalue weighted by Gasteiger charge is 2.55. The maximum absolute atomic E-state index is 12.3. The number of alkyl halides is 1. The summed E-state index contributed by atoms with van der Waals surface area (Å²) in [6.07, 6.45) is 7.48. The molecule has 0 amide bonds. The van der Waals surface area contributed by atoms with Gasteiger partial charge in [0.05, 0.1) is 5.41 Å². The van der Waals surface area contributed by atoms with Crippen molar-refractivity contribution in [1.29, 1.82) is 0 Å². The molecule has 0 unspecified atom stereocenters. The molecule has 0 N–H and O–H groups in total. The van der Waals surface area contributed by atoms with E-state index in [9.17, 15) is 4.79 Å². The summed E-state index contributed by atoms with van der Waals surface area (Å²) in [5.74, 6) is 2.57. The summed E-state index contributed by atoms with van der Waals surface area (Å²) in [6.45, 7) is 1.94. The maximum atomic E-state index is 12.3. The summed E-state index contributed by atoms with van der Waals surface area (Å²) in [4.78, 5) is 12.3. The van der Waals surface area contributed by atoms with E-state index in [1.54, 1.807) is 0 Å². The van der Waals surface area contributed by atoms with Crippen molar-refractivity contribution in [2.75, 3.05) is 0 Å². The fraction of sp³-hybridized carbons (Fsp3) is 0.923. The molecule has 16 heavy (non-hydrogen) atoms. The van der Waals surface area contributed by atoms with Crippen LogP contribution in [-0.4, -0.2) is 10.1 Å². The molecule has 4 aliphatic carbocycles. The molecule has 1 atom stereocenters. The van der Waals surface area contributed by atoms with Gasteiger partial charge in [-0.25, -0.2) is 0 Å². The third-order valence-electron chi connectivity index (χ3n) is 4.74. The first-order valence-corrected chi connectivity index (χ1v) is 7.67. The Bertz CT molecular complexity index is 276. The van der Waals surface area contributed by atoms with Crippen molar-refractivity contribution in [2.45, 2.75) is 49.6 Å². The zero-order valence-corrected chi connectivity index (χ0v) is 11.9. The van der Waals surface area contributed by atoms with Crippen molar-refractivity contribution in [1.82, 2.24) is 0 Å². The third kappa shape index (κ3) is 1.79. The summed E-state index contributed by atoms with van der Waals surface area (Å²) in [6, 6.07) is 0. The monoisotopic (exact) mass is 334 g/mol. The Balaban J connectivity index is 1.80. The lowest BCUT2D eigenvalue weighted by molar-refractivity contribution is -0.171. The molecule has 0 spiro atoms. The highest BCUT2D eigenvalue weighted by molar-refractivity contribution is 14.1. The van der Waals surface area contributed by atoms with E-state index >= 15 is 0 Å². The summed E-state index contributed by atoms with van der Waals surface area (Å²) in [7, 11) is 0. The van der Waals surface area contributed by atoms with Crippen LogP contribution in [0.15, 0.2) is 0 Å². The Hall–Kier alpha value is 0.200. The van der Waals surface area contributed by atoms with Crippen LogP contribution >= 0.6 is 22.6 Å². The molecule has 0 radical (unpaired) electrons. The van der Waals surface area contributed by atoms with Crippen LogP contribution in [0.4, 0.5) is 0 Å². The second-order valence-corrected chi connectivity index (χ2v) is 7.90. The van der Waals surface area contributed by atoms with Crippen molar-refractivity contribution in [3.05, 3.63) is 0 Å². The topological polar surface area (TPSA) is 26.3 Å². The molecule has 0 saturated heterocycles. The molecular formula is C13H19IO2. The van der Waals surface area contributed by atoms with Crippen LogP contribution < -0.4 is 0 Å². The molecule has 4 fully saturated rings. The van der Waals surface area contributed by atoms with Gasteiger partial charge in [0.25, 0.3) is 0 Å². The molecule has 4 aliphatic rings. The fourth-order valence-corrected chi connectivity index (χ4v) is 4.86. The average Bonchev–Trinajstić information content (AvgIpc) is 2.13. The molecule has 4 saturated carbocycles. The number of esters is 1. The molecule has 90 valence electrons. The lowest BCUT2D eigenvalue weighted by Crippen LogP contribution is -2.50. The normalized spacial score (nSPS) is 46.8. The second kappa shape index (κ2) is 3.85. The first-order chi connectivity index (χ1) is 7.57. The van der Waals surface area contributed by atoms with Gasteiger partial charge in [-0.3, -0.25) is 4.79 Å². The van der Waals surface area contributed by atoms with Gasteiger partial charge in [-0.2, -0.15) is 0 Å². The van der Waals surface area contributed by atoms with E-state index in [0.29, 0.717) is 0 Å². The minimum Gasteiger partial charge on any atom is -0.452 e. The molecular weight excluding hydrogens is 315 g/mol. The van der Waals surface area contributed by atoms with Crippen LogP contribution in [0.1, 0.15) is 45.4 Å². The van der Waals surface area contributed by atoms with Crippen LogP contribution in [0.3, 0.4) is 0 Å². The van der Waals surface area contributed by atoms with Crippen molar-refractivity contribution in [2.24, 2.45) is 23.2 Å². The third-order valence-corrected chi connectivity index (χ3v) is 4.99. The van der Waals surface area contributed by atoms with Gasteiger partial charge in [-0.15, -0.1) is 0 Å². The van der Waals surface area contributed by atoms with Crippen LogP contribution in [-0.2, 0) is 9.53 Å². The van der Waals surface area contributed by atoms with Gasteiger partial charge in [0.1, 0.15) is 4.11 Å². The van der Waals surface area contributed by atoms with Gasteiger partial charge < -0.3 is 4.74 Å². The van der Waals surface area contributed by atoms with Gasteiger partial charge in [0, 0.05) is 0 Å². The van der Waals surface area contributed by atoms with Gasteiger partial charge in [-0.05, 0) is 85.8 Å². The van der Waals surface area contributed by atoms with Crippen molar-refractivity contribution in [3.63, 3.8) is 0 Å². The molecule has 0 aliphatic heterocycles. The van der Waals surface area contributed by atoms with Gasteiger partial charge in [0.15, 0.2) is 0 Å². The van der Waals surface area contributed by atoms with Crippen molar-refractivity contribution in [3.8, 4) is 0 Å². The summed E-state index contributed by atoms with van der Waals surface area (Å²) in [5, 5.41) is 0.